The van der Waals surface area contributed by atoms with Crippen LogP contribution in [0.2, 0.25) is 0 Å². The van der Waals surface area contributed by atoms with Crippen LogP contribution in [0.3, 0.4) is 0 Å². The van der Waals surface area contributed by atoms with Crippen molar-refractivity contribution in [2.24, 2.45) is 0 Å². The van der Waals surface area contributed by atoms with E-state index in [4.69, 9.17) is 10.00 Å². The fourth-order valence-electron chi connectivity index (χ4n) is 1.18. The quantitative estimate of drug-likeness (QED) is 0.917. The van der Waals surface area contributed by atoms with E-state index in [-0.39, 0.29) is 11.7 Å². The summed E-state index contributed by atoms with van der Waals surface area (Å²) in [6.07, 6.45) is 0. The fraction of sp³-hybridized carbons (Fsp3) is 0.364. The smallest absolute Gasteiger partial charge is 0.172 e. The Labute approximate surface area is 97.4 Å². The molecule has 3 nitrogen and oxygen atoms in total. The molecule has 1 unspecified atom stereocenters. The highest BCUT2D eigenvalue weighted by molar-refractivity contribution is 9.10. The molecule has 0 heterocycles. The van der Waals surface area contributed by atoms with E-state index >= 15 is 0 Å². The van der Waals surface area contributed by atoms with Crippen molar-refractivity contribution in [2.45, 2.75) is 19.8 Å². The molecule has 0 amide bonds. The van der Waals surface area contributed by atoms with Gasteiger partial charge in [0.05, 0.1) is 23.1 Å². The van der Waals surface area contributed by atoms with Crippen molar-refractivity contribution in [1.29, 1.82) is 5.26 Å². The molecule has 1 aromatic rings. The van der Waals surface area contributed by atoms with Gasteiger partial charge in [0, 0.05) is 0 Å². The Balaban J connectivity index is 3.18. The van der Waals surface area contributed by atoms with Crippen molar-refractivity contribution in [2.75, 3.05) is 6.61 Å². The van der Waals surface area contributed by atoms with Gasteiger partial charge in [-0.05, 0) is 47.5 Å². The minimum absolute atomic E-state index is 0.0748. The number of nitrogens with zero attached hydrogens (tertiary/aromatic N) is 1. The first-order valence-corrected chi connectivity index (χ1v) is 5.44. The summed E-state index contributed by atoms with van der Waals surface area (Å²) in [5.74, 6) is 0.260. The SMILES string of the molecule is CCOc1cc(C(C)C#N)cc(Br)c1O. The first kappa shape index (κ1) is 11.9. The van der Waals surface area contributed by atoms with Crippen LogP contribution in [0.1, 0.15) is 25.3 Å². The third kappa shape index (κ3) is 2.63. The molecule has 15 heavy (non-hydrogen) atoms. The average molecular weight is 270 g/mol. The molecular formula is C11H12BrNO2. The van der Waals surface area contributed by atoms with Gasteiger partial charge in [-0.3, -0.25) is 0 Å². The van der Waals surface area contributed by atoms with Crippen LogP contribution in [-0.2, 0) is 0 Å². The second-order valence-corrected chi connectivity index (χ2v) is 3.99. The molecule has 0 aromatic heterocycles. The first-order chi connectivity index (χ1) is 7.10. The van der Waals surface area contributed by atoms with Crippen LogP contribution < -0.4 is 4.74 Å². The zero-order chi connectivity index (χ0) is 11.4. The summed E-state index contributed by atoms with van der Waals surface area (Å²) in [6.45, 7) is 4.12. The molecule has 1 N–H and O–H groups in total. The molecule has 80 valence electrons. The number of rotatable bonds is 3. The highest BCUT2D eigenvalue weighted by Gasteiger charge is 2.12. The lowest BCUT2D eigenvalue weighted by atomic mass is 10.0. The number of aromatic hydroxyl groups is 1. The molecule has 0 aliphatic rings. The van der Waals surface area contributed by atoms with E-state index in [1.807, 2.05) is 6.92 Å². The molecule has 4 heteroatoms. The largest absolute Gasteiger partial charge is 0.503 e. The predicted molar refractivity (Wildman–Crippen MR) is 61.0 cm³/mol. The van der Waals surface area contributed by atoms with Crippen molar-refractivity contribution < 1.29 is 9.84 Å². The Morgan fingerprint density at radius 2 is 2.27 bits per heavy atom. The van der Waals surface area contributed by atoms with Gasteiger partial charge in [-0.15, -0.1) is 0 Å². The lowest BCUT2D eigenvalue weighted by Gasteiger charge is -2.11. The van der Waals surface area contributed by atoms with E-state index < -0.39 is 0 Å². The minimum Gasteiger partial charge on any atom is -0.503 e. The van der Waals surface area contributed by atoms with Gasteiger partial charge in [0.25, 0.3) is 0 Å². The third-order valence-electron chi connectivity index (χ3n) is 2.04. The molecule has 1 rings (SSSR count). The number of phenols is 1. The Bertz CT molecular complexity index is 398. The highest BCUT2D eigenvalue weighted by Crippen LogP contribution is 2.37. The van der Waals surface area contributed by atoms with Gasteiger partial charge in [-0.1, -0.05) is 0 Å². The van der Waals surface area contributed by atoms with Crippen molar-refractivity contribution in [3.05, 3.63) is 22.2 Å². The number of ether oxygens (including phenoxy) is 1. The zero-order valence-electron chi connectivity index (χ0n) is 8.62. The van der Waals surface area contributed by atoms with Crippen LogP contribution in [0.5, 0.6) is 11.5 Å². The zero-order valence-corrected chi connectivity index (χ0v) is 10.2. The van der Waals surface area contributed by atoms with Crippen molar-refractivity contribution in [3.63, 3.8) is 0 Å². The second kappa shape index (κ2) is 5.04. The normalized spacial score (nSPS) is 11.9. The van der Waals surface area contributed by atoms with Crippen molar-refractivity contribution >= 4 is 15.9 Å². The summed E-state index contributed by atoms with van der Waals surface area (Å²) >= 11 is 3.22. The average Bonchev–Trinajstić information content (AvgIpc) is 2.23. The topological polar surface area (TPSA) is 53.2 Å². The maximum atomic E-state index is 9.65. The second-order valence-electron chi connectivity index (χ2n) is 3.13. The number of phenolic OH excluding ortho intramolecular Hbond substituents is 1. The maximum absolute atomic E-state index is 9.65. The monoisotopic (exact) mass is 269 g/mol. The van der Waals surface area contributed by atoms with E-state index in [0.29, 0.717) is 16.8 Å². The van der Waals surface area contributed by atoms with E-state index in [9.17, 15) is 5.11 Å². The molecule has 0 radical (unpaired) electrons. The number of halogens is 1. The number of nitriles is 1. The first-order valence-electron chi connectivity index (χ1n) is 4.65. The fourth-order valence-corrected chi connectivity index (χ4v) is 1.64. The molecule has 0 bridgehead atoms. The van der Waals surface area contributed by atoms with Crippen LogP contribution in [0.15, 0.2) is 16.6 Å². The molecule has 0 fully saturated rings. The van der Waals surface area contributed by atoms with Crippen molar-refractivity contribution in [1.82, 2.24) is 0 Å². The number of benzene rings is 1. The highest BCUT2D eigenvalue weighted by atomic mass is 79.9. The summed E-state index contributed by atoms with van der Waals surface area (Å²) in [5.41, 5.74) is 0.825. The van der Waals surface area contributed by atoms with E-state index in [2.05, 4.69) is 22.0 Å². The summed E-state index contributed by atoms with van der Waals surface area (Å²) in [4.78, 5) is 0. The Kier molecular flexibility index (Phi) is 3.98. The van der Waals surface area contributed by atoms with Crippen LogP contribution >= 0.6 is 15.9 Å². The van der Waals surface area contributed by atoms with Gasteiger partial charge >= 0.3 is 0 Å². The summed E-state index contributed by atoms with van der Waals surface area (Å²) in [7, 11) is 0. The van der Waals surface area contributed by atoms with Crippen LogP contribution in [-0.4, -0.2) is 11.7 Å². The Hall–Kier alpha value is -1.21. The third-order valence-corrected chi connectivity index (χ3v) is 2.65. The molecule has 0 aliphatic heterocycles. The van der Waals surface area contributed by atoms with E-state index in [1.54, 1.807) is 19.1 Å². The predicted octanol–water partition coefficient (Wildman–Crippen LogP) is 3.18. The van der Waals surface area contributed by atoms with Crippen LogP contribution in [0.25, 0.3) is 0 Å². The van der Waals surface area contributed by atoms with Crippen LogP contribution in [0.4, 0.5) is 0 Å². The van der Waals surface area contributed by atoms with Gasteiger partial charge in [0.2, 0.25) is 0 Å². The van der Waals surface area contributed by atoms with Crippen LogP contribution in [0, 0.1) is 11.3 Å². The van der Waals surface area contributed by atoms with E-state index in [0.717, 1.165) is 5.56 Å². The Morgan fingerprint density at radius 1 is 1.60 bits per heavy atom. The van der Waals surface area contributed by atoms with Crippen molar-refractivity contribution in [3.8, 4) is 17.6 Å². The molecule has 0 saturated heterocycles. The van der Waals surface area contributed by atoms with E-state index in [1.165, 1.54) is 0 Å². The van der Waals surface area contributed by atoms with Gasteiger partial charge in [0.15, 0.2) is 11.5 Å². The lowest BCUT2D eigenvalue weighted by molar-refractivity contribution is 0.317. The number of hydrogen-bond donors (Lipinski definition) is 1. The Morgan fingerprint density at radius 3 is 2.80 bits per heavy atom. The molecular weight excluding hydrogens is 258 g/mol. The van der Waals surface area contributed by atoms with Gasteiger partial charge in [0.1, 0.15) is 0 Å². The van der Waals surface area contributed by atoms with Gasteiger partial charge in [-0.25, -0.2) is 0 Å². The lowest BCUT2D eigenvalue weighted by Crippen LogP contribution is -1.96. The molecule has 1 atom stereocenters. The summed E-state index contributed by atoms with van der Waals surface area (Å²) in [6, 6.07) is 5.56. The molecule has 0 spiro atoms. The van der Waals surface area contributed by atoms with Gasteiger partial charge < -0.3 is 9.84 Å². The molecule has 1 aromatic carbocycles. The molecule has 0 aliphatic carbocycles. The maximum Gasteiger partial charge on any atom is 0.172 e. The molecule has 0 saturated carbocycles. The number of hydrogen-bond acceptors (Lipinski definition) is 3. The summed E-state index contributed by atoms with van der Waals surface area (Å²) < 4.78 is 5.81. The van der Waals surface area contributed by atoms with Gasteiger partial charge in [-0.2, -0.15) is 5.26 Å². The minimum atomic E-state index is -0.221. The standard InChI is InChI=1S/C11H12BrNO2/c1-3-15-10-5-8(7(2)6-13)4-9(12)11(10)14/h4-5,7,14H,3H2,1-2H3. The summed E-state index contributed by atoms with van der Waals surface area (Å²) in [5, 5.41) is 18.5.